The molecule has 3 nitrogen and oxygen atoms in total. The maximum atomic E-state index is 12.8. The van der Waals surface area contributed by atoms with Crippen LogP contribution in [0.4, 0.5) is 0 Å². The summed E-state index contributed by atoms with van der Waals surface area (Å²) >= 11 is 0. The zero-order valence-electron chi connectivity index (χ0n) is 13.8. The summed E-state index contributed by atoms with van der Waals surface area (Å²) in [4.78, 5) is 12.8. The van der Waals surface area contributed by atoms with Crippen LogP contribution in [0.3, 0.4) is 0 Å². The molecule has 0 aromatic rings. The lowest BCUT2D eigenvalue weighted by molar-refractivity contribution is -0.338. The van der Waals surface area contributed by atoms with Gasteiger partial charge in [0.15, 0.2) is 11.6 Å². The van der Waals surface area contributed by atoms with Crippen molar-refractivity contribution in [3.8, 4) is 0 Å². The van der Waals surface area contributed by atoms with Crippen molar-refractivity contribution >= 4 is 5.78 Å². The van der Waals surface area contributed by atoms with Crippen molar-refractivity contribution < 1.29 is 14.3 Å². The summed E-state index contributed by atoms with van der Waals surface area (Å²) in [5, 5.41) is 0. The van der Waals surface area contributed by atoms with Crippen LogP contribution in [0.2, 0.25) is 0 Å². The highest BCUT2D eigenvalue weighted by Crippen LogP contribution is 2.61. The van der Waals surface area contributed by atoms with Crippen LogP contribution in [0, 0.1) is 16.2 Å². The summed E-state index contributed by atoms with van der Waals surface area (Å²) in [6.45, 7) is 11.7. The molecule has 0 aromatic heterocycles. The molecule has 1 saturated heterocycles. The third kappa shape index (κ3) is 1.83. The highest BCUT2D eigenvalue weighted by Gasteiger charge is 2.66. The monoisotopic (exact) mass is 290 g/mol. The quantitative estimate of drug-likeness (QED) is 0.639. The van der Waals surface area contributed by atoms with Crippen LogP contribution in [0.25, 0.3) is 0 Å². The summed E-state index contributed by atoms with van der Waals surface area (Å²) in [6, 6.07) is 0. The van der Waals surface area contributed by atoms with Crippen LogP contribution < -0.4 is 0 Å². The molecule has 1 fully saturated rings. The summed E-state index contributed by atoms with van der Waals surface area (Å²) in [6.07, 6.45) is 7.78. The van der Waals surface area contributed by atoms with Crippen molar-refractivity contribution in [1.82, 2.24) is 0 Å². The van der Waals surface area contributed by atoms with Crippen molar-refractivity contribution in [2.45, 2.75) is 53.2 Å². The number of Topliss-reactive ketones (excluding diaryl/α,β-unsaturated/α-hetero) is 1. The van der Waals surface area contributed by atoms with Gasteiger partial charge in [0.2, 0.25) is 0 Å². The van der Waals surface area contributed by atoms with E-state index in [4.69, 9.17) is 9.47 Å². The van der Waals surface area contributed by atoms with E-state index in [2.05, 4.69) is 39.8 Å². The highest BCUT2D eigenvalue weighted by atomic mass is 16.7. The lowest BCUT2D eigenvalue weighted by Crippen LogP contribution is -2.66. The van der Waals surface area contributed by atoms with Gasteiger partial charge in [-0.25, -0.2) is 0 Å². The second-order valence-electron chi connectivity index (χ2n) is 8.11. The maximum Gasteiger partial charge on any atom is 0.195 e. The third-order valence-electron chi connectivity index (χ3n) is 5.83. The van der Waals surface area contributed by atoms with Crippen molar-refractivity contribution in [2.24, 2.45) is 16.2 Å². The normalized spacial score (nSPS) is 40.8. The lowest BCUT2D eigenvalue weighted by atomic mass is 9.50. The van der Waals surface area contributed by atoms with Crippen LogP contribution >= 0.6 is 0 Å². The third-order valence-corrected chi connectivity index (χ3v) is 5.83. The van der Waals surface area contributed by atoms with E-state index in [1.165, 1.54) is 0 Å². The predicted octanol–water partition coefficient (Wildman–Crippen LogP) is 3.65. The van der Waals surface area contributed by atoms with Crippen LogP contribution in [0.15, 0.2) is 23.8 Å². The molecule has 1 spiro atoms. The van der Waals surface area contributed by atoms with Gasteiger partial charge in [-0.15, -0.1) is 0 Å². The number of ketones is 1. The maximum absolute atomic E-state index is 12.8. The zero-order chi connectivity index (χ0) is 15.5. The zero-order valence-corrected chi connectivity index (χ0v) is 13.8. The highest BCUT2D eigenvalue weighted by molar-refractivity contribution is 6.01. The lowest BCUT2D eigenvalue weighted by Gasteiger charge is -2.60. The second kappa shape index (κ2) is 4.30. The molecule has 2 aliphatic carbocycles. The number of rotatable bonds is 0. The Morgan fingerprint density at radius 2 is 1.57 bits per heavy atom. The number of allylic oxidation sites excluding steroid dienone is 3. The largest absolute Gasteiger partial charge is 0.345 e. The molecule has 0 bridgehead atoms. The average molecular weight is 290 g/mol. The van der Waals surface area contributed by atoms with E-state index < -0.39 is 11.2 Å². The summed E-state index contributed by atoms with van der Waals surface area (Å²) < 4.78 is 12.6. The van der Waals surface area contributed by atoms with E-state index in [-0.39, 0.29) is 16.6 Å². The molecule has 1 aliphatic heterocycles. The van der Waals surface area contributed by atoms with Gasteiger partial charge in [-0.1, -0.05) is 39.8 Å². The number of fused-ring (bicyclic) bond motifs is 2. The van der Waals surface area contributed by atoms with E-state index in [9.17, 15) is 4.79 Å². The molecule has 0 unspecified atom stereocenters. The van der Waals surface area contributed by atoms with Gasteiger partial charge in [0, 0.05) is 16.2 Å². The van der Waals surface area contributed by atoms with E-state index >= 15 is 0 Å². The molecule has 21 heavy (non-hydrogen) atoms. The van der Waals surface area contributed by atoms with Crippen LogP contribution in [0.5, 0.6) is 0 Å². The standard InChI is InChI=1S/C18H26O3/c1-13-10-18(20-11-15(2,3)12-21-18)17(5)9-7-6-8-16(17,4)14(13)19/h6-7,10H,8-9,11-12H2,1-5H3/t16-,17-/m1/s1. The van der Waals surface area contributed by atoms with Crippen LogP contribution in [-0.2, 0) is 14.3 Å². The minimum absolute atomic E-state index is 0.0196. The molecule has 0 N–H and O–H groups in total. The summed E-state index contributed by atoms with van der Waals surface area (Å²) in [5.41, 5.74) is -0.0275. The van der Waals surface area contributed by atoms with Crippen LogP contribution in [-0.4, -0.2) is 24.8 Å². The van der Waals surface area contributed by atoms with E-state index in [1.807, 2.05) is 13.0 Å². The molecular weight excluding hydrogens is 264 g/mol. The minimum atomic E-state index is -0.778. The molecule has 3 aliphatic rings. The molecule has 2 atom stereocenters. The van der Waals surface area contributed by atoms with Crippen molar-refractivity contribution in [3.63, 3.8) is 0 Å². The van der Waals surface area contributed by atoms with Crippen LogP contribution in [0.1, 0.15) is 47.5 Å². The Labute approximate surface area is 127 Å². The number of hydrogen-bond donors (Lipinski definition) is 0. The van der Waals surface area contributed by atoms with Gasteiger partial charge in [0.1, 0.15) is 0 Å². The van der Waals surface area contributed by atoms with Gasteiger partial charge in [0.25, 0.3) is 0 Å². The molecule has 3 rings (SSSR count). The van der Waals surface area contributed by atoms with Gasteiger partial charge in [-0.05, 0) is 31.4 Å². The fraction of sp³-hybridized carbons (Fsp3) is 0.722. The molecule has 0 amide bonds. The van der Waals surface area contributed by atoms with Crippen molar-refractivity contribution in [2.75, 3.05) is 13.2 Å². The van der Waals surface area contributed by atoms with Gasteiger partial charge in [0.05, 0.1) is 13.2 Å². The predicted molar refractivity (Wildman–Crippen MR) is 81.8 cm³/mol. The van der Waals surface area contributed by atoms with Gasteiger partial charge in [-0.2, -0.15) is 0 Å². The topological polar surface area (TPSA) is 35.5 Å². The first-order chi connectivity index (χ1) is 9.66. The fourth-order valence-corrected chi connectivity index (χ4v) is 3.99. The first-order valence-corrected chi connectivity index (χ1v) is 7.83. The van der Waals surface area contributed by atoms with Gasteiger partial charge < -0.3 is 9.47 Å². The van der Waals surface area contributed by atoms with Crippen molar-refractivity contribution in [1.29, 1.82) is 0 Å². The smallest absolute Gasteiger partial charge is 0.195 e. The SMILES string of the molecule is CC1=CC2(OCC(C)(C)CO2)[C@]2(C)CC=CC[C@]2(C)C1=O. The van der Waals surface area contributed by atoms with E-state index in [0.717, 1.165) is 18.4 Å². The molecule has 0 radical (unpaired) electrons. The molecule has 1 heterocycles. The van der Waals surface area contributed by atoms with Gasteiger partial charge >= 0.3 is 0 Å². The first-order valence-electron chi connectivity index (χ1n) is 7.83. The number of carbonyl (C=O) groups excluding carboxylic acids is 1. The minimum Gasteiger partial charge on any atom is -0.345 e. The van der Waals surface area contributed by atoms with Gasteiger partial charge in [-0.3, -0.25) is 4.79 Å². The number of hydrogen-bond acceptors (Lipinski definition) is 3. The molecular formula is C18H26O3. The van der Waals surface area contributed by atoms with E-state index in [0.29, 0.717) is 13.2 Å². The fourth-order valence-electron chi connectivity index (χ4n) is 3.99. The van der Waals surface area contributed by atoms with E-state index in [1.54, 1.807) is 0 Å². The molecule has 0 saturated carbocycles. The summed E-state index contributed by atoms with van der Waals surface area (Å²) in [5.74, 6) is -0.544. The van der Waals surface area contributed by atoms with Crippen molar-refractivity contribution in [3.05, 3.63) is 23.8 Å². The molecule has 3 heteroatoms. The summed E-state index contributed by atoms with van der Waals surface area (Å²) in [7, 11) is 0. The Morgan fingerprint density at radius 3 is 2.19 bits per heavy atom. The number of carbonyl (C=O) groups is 1. The Morgan fingerprint density at radius 1 is 1.00 bits per heavy atom. The Kier molecular flexibility index (Phi) is 3.07. The number of ether oxygens (including phenoxy) is 2. The Bertz CT molecular complexity index is 533. The Hall–Kier alpha value is -0.930. The first kappa shape index (κ1) is 15.0. The average Bonchev–Trinajstić information content (AvgIpc) is 2.42. The Balaban J connectivity index is 2.12. The molecule has 0 aromatic carbocycles. The molecule has 116 valence electrons. The second-order valence-corrected chi connectivity index (χ2v) is 8.11.